The van der Waals surface area contributed by atoms with Gasteiger partial charge in [-0.2, -0.15) is 0 Å². The van der Waals surface area contributed by atoms with Crippen molar-refractivity contribution in [1.29, 1.82) is 0 Å². The van der Waals surface area contributed by atoms with Gasteiger partial charge in [0.2, 0.25) is 0 Å². The largest absolute Gasteiger partial charge is 0.365 e. The van der Waals surface area contributed by atoms with E-state index in [1.165, 1.54) is 6.20 Å². The molecule has 0 radical (unpaired) electrons. The summed E-state index contributed by atoms with van der Waals surface area (Å²) < 4.78 is 0. The summed E-state index contributed by atoms with van der Waals surface area (Å²) in [4.78, 5) is 14.4. The van der Waals surface area contributed by atoms with Crippen LogP contribution in [0.4, 0.5) is 5.82 Å². The second-order valence-corrected chi connectivity index (χ2v) is 1.91. The molecule has 1 aromatic heterocycles. The molecule has 1 rings (SSSR count). The van der Waals surface area contributed by atoms with Crippen molar-refractivity contribution in [2.45, 2.75) is 0 Å². The average Bonchev–Trinajstić information content (AvgIpc) is 2.04. The van der Waals surface area contributed by atoms with Crippen molar-refractivity contribution in [3.63, 3.8) is 0 Å². The number of hydrogen-bond donors (Lipinski definition) is 3. The molecule has 5 N–H and O–H groups in total. The molecule has 1 heterocycles. The molecular formula is C6H9ClN4O. The van der Waals surface area contributed by atoms with Gasteiger partial charge in [-0.25, -0.2) is 10.8 Å². The number of halogens is 1. The molecule has 0 bridgehead atoms. The second-order valence-electron chi connectivity index (χ2n) is 1.91. The van der Waals surface area contributed by atoms with E-state index in [9.17, 15) is 4.79 Å². The molecule has 0 atom stereocenters. The number of nitrogens with one attached hydrogen (secondary N) is 1. The van der Waals surface area contributed by atoms with Crippen LogP contribution in [-0.4, -0.2) is 10.9 Å². The van der Waals surface area contributed by atoms with E-state index in [1.807, 2.05) is 0 Å². The van der Waals surface area contributed by atoms with Crippen molar-refractivity contribution >= 4 is 24.1 Å². The summed E-state index contributed by atoms with van der Waals surface area (Å²) in [5.74, 6) is 4.81. The Morgan fingerprint density at radius 3 is 2.67 bits per heavy atom. The van der Waals surface area contributed by atoms with Gasteiger partial charge in [-0.15, -0.1) is 12.4 Å². The lowest BCUT2D eigenvalue weighted by Gasteiger charge is -2.01. The van der Waals surface area contributed by atoms with Crippen LogP contribution in [-0.2, 0) is 0 Å². The van der Waals surface area contributed by atoms with Crippen molar-refractivity contribution < 1.29 is 4.79 Å². The summed E-state index contributed by atoms with van der Waals surface area (Å²) in [5, 5.41) is 0. The number of nitrogen functional groups attached to an aromatic ring is 1. The van der Waals surface area contributed by atoms with E-state index in [2.05, 4.69) is 10.4 Å². The van der Waals surface area contributed by atoms with Crippen LogP contribution in [0.15, 0.2) is 18.3 Å². The molecule has 0 aliphatic carbocycles. The minimum atomic E-state index is -0.550. The fourth-order valence-corrected chi connectivity index (χ4v) is 0.719. The Morgan fingerprint density at radius 1 is 1.58 bits per heavy atom. The molecule has 0 unspecified atom stereocenters. The van der Waals surface area contributed by atoms with Crippen LogP contribution in [0.1, 0.15) is 10.4 Å². The number of hydrazine groups is 1. The molecular weight excluding hydrogens is 180 g/mol. The molecule has 1 aromatic rings. The third-order valence-corrected chi connectivity index (χ3v) is 1.21. The summed E-state index contributed by atoms with van der Waals surface area (Å²) in [5.41, 5.74) is 7.57. The molecule has 0 spiro atoms. The van der Waals surface area contributed by atoms with Gasteiger partial charge in [0, 0.05) is 6.20 Å². The van der Waals surface area contributed by atoms with Crippen LogP contribution in [0.2, 0.25) is 0 Å². The molecule has 66 valence electrons. The molecule has 0 aliphatic heterocycles. The van der Waals surface area contributed by atoms with Gasteiger partial charge in [-0.3, -0.25) is 4.79 Å². The van der Waals surface area contributed by atoms with Crippen LogP contribution >= 0.6 is 12.4 Å². The number of nitrogens with two attached hydrogens (primary N) is 2. The highest BCUT2D eigenvalue weighted by Gasteiger charge is 2.05. The first kappa shape index (κ1) is 10.7. The van der Waals surface area contributed by atoms with Crippen molar-refractivity contribution in [1.82, 2.24) is 4.98 Å². The smallest absolute Gasteiger partial charge is 0.252 e. The van der Waals surface area contributed by atoms with E-state index in [0.717, 1.165) is 0 Å². The van der Waals surface area contributed by atoms with Gasteiger partial charge in [-0.05, 0) is 12.1 Å². The van der Waals surface area contributed by atoms with Crippen LogP contribution in [0.25, 0.3) is 0 Å². The highest BCUT2D eigenvalue weighted by atomic mass is 35.5. The van der Waals surface area contributed by atoms with Crippen LogP contribution in [0, 0.1) is 0 Å². The molecule has 12 heavy (non-hydrogen) atoms. The highest BCUT2D eigenvalue weighted by Crippen LogP contribution is 2.07. The SMILES string of the molecule is Cl.NNc1ncccc1C(N)=O. The van der Waals surface area contributed by atoms with Crippen molar-refractivity contribution in [2.24, 2.45) is 11.6 Å². The highest BCUT2D eigenvalue weighted by molar-refractivity contribution is 5.97. The van der Waals surface area contributed by atoms with Crippen LogP contribution < -0.4 is 17.0 Å². The molecule has 1 amide bonds. The summed E-state index contributed by atoms with van der Waals surface area (Å²) in [6, 6.07) is 3.16. The molecule has 0 saturated carbocycles. The zero-order valence-electron chi connectivity index (χ0n) is 6.15. The number of primary amides is 1. The number of carbonyl (C=O) groups excluding carboxylic acids is 1. The molecule has 0 saturated heterocycles. The molecule has 6 heteroatoms. The number of hydrogen-bond acceptors (Lipinski definition) is 4. The standard InChI is InChI=1S/C6H8N4O.ClH/c7-5(11)4-2-1-3-9-6(4)10-8;/h1-3H,8H2,(H2,7,11)(H,9,10);1H. The minimum absolute atomic E-state index is 0. The quantitative estimate of drug-likeness (QED) is 0.446. The molecule has 0 aromatic carbocycles. The predicted molar refractivity (Wildman–Crippen MR) is 47.8 cm³/mol. The Kier molecular flexibility index (Phi) is 4.03. The zero-order chi connectivity index (χ0) is 8.27. The number of nitrogens with zero attached hydrogens (tertiary/aromatic N) is 1. The van der Waals surface area contributed by atoms with Gasteiger partial charge < -0.3 is 11.2 Å². The third-order valence-electron chi connectivity index (χ3n) is 1.21. The first-order valence-electron chi connectivity index (χ1n) is 2.97. The van der Waals surface area contributed by atoms with Gasteiger partial charge in [0.05, 0.1) is 5.56 Å². The number of carbonyl (C=O) groups is 1. The van der Waals surface area contributed by atoms with Crippen molar-refractivity contribution in [3.05, 3.63) is 23.9 Å². The summed E-state index contributed by atoms with van der Waals surface area (Å²) in [6.07, 6.45) is 1.52. The Bertz CT molecular complexity index is 278. The Balaban J connectivity index is 0.00000121. The van der Waals surface area contributed by atoms with Gasteiger partial charge in [-0.1, -0.05) is 0 Å². The zero-order valence-corrected chi connectivity index (χ0v) is 6.97. The third kappa shape index (κ3) is 2.08. The Morgan fingerprint density at radius 2 is 2.25 bits per heavy atom. The van der Waals surface area contributed by atoms with E-state index >= 15 is 0 Å². The molecule has 0 fully saturated rings. The average molecular weight is 189 g/mol. The fourth-order valence-electron chi connectivity index (χ4n) is 0.719. The van der Waals surface area contributed by atoms with Crippen LogP contribution in [0.3, 0.4) is 0 Å². The van der Waals surface area contributed by atoms with Gasteiger partial charge in [0.1, 0.15) is 0 Å². The summed E-state index contributed by atoms with van der Waals surface area (Å²) >= 11 is 0. The van der Waals surface area contributed by atoms with E-state index in [0.29, 0.717) is 5.82 Å². The number of amides is 1. The van der Waals surface area contributed by atoms with Gasteiger partial charge >= 0.3 is 0 Å². The maximum absolute atomic E-state index is 10.7. The summed E-state index contributed by atoms with van der Waals surface area (Å²) in [7, 11) is 0. The lowest BCUT2D eigenvalue weighted by Crippen LogP contribution is -2.18. The first-order valence-corrected chi connectivity index (χ1v) is 2.97. The monoisotopic (exact) mass is 188 g/mol. The van der Waals surface area contributed by atoms with Crippen LogP contribution in [0.5, 0.6) is 0 Å². The van der Waals surface area contributed by atoms with E-state index in [1.54, 1.807) is 12.1 Å². The van der Waals surface area contributed by atoms with E-state index in [4.69, 9.17) is 11.6 Å². The second kappa shape index (κ2) is 4.53. The molecule has 5 nitrogen and oxygen atoms in total. The number of aromatic nitrogens is 1. The number of pyridine rings is 1. The Hall–Kier alpha value is -1.33. The summed E-state index contributed by atoms with van der Waals surface area (Å²) in [6.45, 7) is 0. The number of rotatable bonds is 2. The normalized spacial score (nSPS) is 8.42. The fraction of sp³-hybridized carbons (Fsp3) is 0. The topological polar surface area (TPSA) is 94.0 Å². The lowest BCUT2D eigenvalue weighted by atomic mass is 10.2. The number of anilines is 1. The van der Waals surface area contributed by atoms with Crippen molar-refractivity contribution in [2.75, 3.05) is 5.43 Å². The lowest BCUT2D eigenvalue weighted by molar-refractivity contribution is 0.100. The van der Waals surface area contributed by atoms with Gasteiger partial charge in [0.15, 0.2) is 5.82 Å². The maximum atomic E-state index is 10.7. The molecule has 0 aliphatic rings. The van der Waals surface area contributed by atoms with E-state index in [-0.39, 0.29) is 18.0 Å². The van der Waals surface area contributed by atoms with E-state index < -0.39 is 5.91 Å². The first-order chi connectivity index (χ1) is 5.25. The van der Waals surface area contributed by atoms with Gasteiger partial charge in [0.25, 0.3) is 5.91 Å². The van der Waals surface area contributed by atoms with Crippen molar-refractivity contribution in [3.8, 4) is 0 Å². The minimum Gasteiger partial charge on any atom is -0.365 e. The maximum Gasteiger partial charge on any atom is 0.252 e. The Labute approximate surface area is 75.5 Å². The predicted octanol–water partition coefficient (Wildman–Crippen LogP) is -0.112.